The zero-order valence-corrected chi connectivity index (χ0v) is 26.5. The van der Waals surface area contributed by atoms with Gasteiger partial charge in [-0.2, -0.15) is 0 Å². The average molecular weight is 702 g/mol. The Labute approximate surface area is 258 Å². The number of hydrogen-bond donors (Lipinski definition) is 1. The third-order valence-electron chi connectivity index (χ3n) is 3.91. The Balaban J connectivity index is -0.000000118. The fourth-order valence-corrected chi connectivity index (χ4v) is 2.44. The molecule has 0 saturated carbocycles. The Morgan fingerprint density at radius 2 is 0.927 bits per heavy atom. The minimum Gasteiger partial charge on any atom is -0.550 e. The van der Waals surface area contributed by atoms with E-state index in [1.165, 1.54) is 64.2 Å². The standard InChI is InChI=1S/C18H34O2.C4H7N.3ClHO4.Cr/c1-2-3-4-5-6-7-8-9-10-11-12-13-14-15-16-17-18(19)20;1-2-3-4-5;3*2-1(3,4)5;/h9-10H,2-8,11-17H2,1H3,(H,19,20);2-4H,1,5H2;3*(H,2,3,4,5);/q;;;;;+3/p-3/b10-9-;;;;;. The van der Waals surface area contributed by atoms with Crippen molar-refractivity contribution in [1.29, 1.82) is 0 Å². The summed E-state index contributed by atoms with van der Waals surface area (Å²) < 4.78 is 102. The normalized spacial score (nSPS) is 11.0. The second-order valence-electron chi connectivity index (χ2n) is 7.50. The van der Waals surface area contributed by atoms with Crippen LogP contribution in [0.1, 0.15) is 96.8 Å². The first-order chi connectivity index (χ1) is 18.2. The topological polar surface area (TPSA) is 344 Å². The summed E-state index contributed by atoms with van der Waals surface area (Å²) in [6.45, 7) is 5.68. The molecule has 3 N–H and O–H groups in total. The van der Waals surface area contributed by atoms with Crippen LogP contribution in [0.4, 0.5) is 0 Å². The molecule has 0 heterocycles. The molecule has 41 heavy (non-hydrogen) atoms. The van der Waals surface area contributed by atoms with Crippen LogP contribution in [-0.4, -0.2) is 5.97 Å². The fraction of sp³-hybridized carbons (Fsp3) is 0.682. The van der Waals surface area contributed by atoms with E-state index < -0.39 is 36.7 Å². The number of halogens is 3. The van der Waals surface area contributed by atoms with Crippen LogP contribution in [0.15, 0.2) is 37.1 Å². The van der Waals surface area contributed by atoms with E-state index in [1.807, 2.05) is 0 Å². The second-order valence-corrected chi connectivity index (χ2v) is 9.77. The van der Waals surface area contributed by atoms with Gasteiger partial charge in [-0.15, -0.1) is 30.7 Å². The Morgan fingerprint density at radius 3 is 1.17 bits per heavy atom. The maximum Gasteiger partial charge on any atom is 3.00 e. The van der Waals surface area contributed by atoms with E-state index in [1.54, 1.807) is 18.4 Å². The maximum atomic E-state index is 10.2. The van der Waals surface area contributed by atoms with Gasteiger partial charge in [-0.05, 0) is 44.6 Å². The van der Waals surface area contributed by atoms with Crippen LogP contribution in [0.3, 0.4) is 0 Å². The SMILES string of the molecule is C=CC=C[NH3+].CCCCCCCC/C=C\CCCCCCCC(=O)[O-].[Cr+3].[O-][Cl+3]([O-])([O-])[O-].[O-][Cl+3]([O-])([O-])[O-].[O-][Cl+3]([O-])([O-])[O-]. The predicted octanol–water partition coefficient (Wildman–Crippen LogP) is -9.57. The number of unbranched alkanes of at least 4 members (excludes halogenated alkanes) is 11. The quantitative estimate of drug-likeness (QED) is 0.0887. The molecule has 0 unspecified atom stereocenters. The Kier molecular flexibility index (Phi) is 48.7. The van der Waals surface area contributed by atoms with E-state index in [9.17, 15) is 9.90 Å². The molecule has 0 aliphatic carbocycles. The van der Waals surface area contributed by atoms with Crippen molar-refractivity contribution in [1.82, 2.24) is 0 Å². The van der Waals surface area contributed by atoms with Crippen molar-refractivity contribution in [2.45, 2.75) is 96.8 Å². The van der Waals surface area contributed by atoms with E-state index >= 15 is 0 Å². The summed E-state index contributed by atoms with van der Waals surface area (Å²) in [5, 5.41) is 10.2. The molecule has 19 heteroatoms. The van der Waals surface area contributed by atoms with Gasteiger partial charge in [-0.1, -0.05) is 83.1 Å². The summed E-state index contributed by atoms with van der Waals surface area (Å²) in [6.07, 6.45) is 26.1. The molecule has 0 aromatic heterocycles. The van der Waals surface area contributed by atoms with Crippen LogP contribution in [0.5, 0.6) is 0 Å². The van der Waals surface area contributed by atoms with Gasteiger partial charge in [0.15, 0.2) is 0 Å². The number of carboxylic acid groups (broad SMARTS) is 1. The largest absolute Gasteiger partial charge is 3.00 e. The average Bonchev–Trinajstić information content (AvgIpc) is 2.74. The maximum absolute atomic E-state index is 10.2. The summed E-state index contributed by atoms with van der Waals surface area (Å²) in [5.41, 5.74) is 3.42. The second kappa shape index (κ2) is 37.6. The van der Waals surface area contributed by atoms with Crippen molar-refractivity contribution >= 4 is 5.97 Å². The molecule has 0 bridgehead atoms. The molecule has 15 nitrogen and oxygen atoms in total. The first-order valence-corrected chi connectivity index (χ1v) is 15.7. The van der Waals surface area contributed by atoms with E-state index in [2.05, 4.69) is 31.4 Å². The minimum absolute atomic E-state index is 0. The number of aliphatic carboxylic acids is 1. The van der Waals surface area contributed by atoms with Crippen LogP contribution in [0.25, 0.3) is 0 Å². The van der Waals surface area contributed by atoms with Gasteiger partial charge in [0, 0.05) is 5.97 Å². The molecule has 0 aromatic carbocycles. The molecule has 0 saturated heterocycles. The molecular weight excluding hydrogens is 661 g/mol. The molecule has 0 fully saturated rings. The van der Waals surface area contributed by atoms with Crippen molar-refractivity contribution < 1.29 is 120 Å². The van der Waals surface area contributed by atoms with Gasteiger partial charge in [0.2, 0.25) is 0 Å². The van der Waals surface area contributed by atoms with Crippen LogP contribution < -0.4 is 66.7 Å². The number of quaternary nitrogens is 1. The first kappa shape index (κ1) is 53.2. The summed E-state index contributed by atoms with van der Waals surface area (Å²) >= 11 is 0. The predicted molar refractivity (Wildman–Crippen MR) is 107 cm³/mol. The van der Waals surface area contributed by atoms with Gasteiger partial charge in [0.1, 0.15) is 0 Å². The minimum atomic E-state index is -4.94. The number of rotatable bonds is 16. The Bertz CT molecular complexity index is 553. The van der Waals surface area contributed by atoms with Gasteiger partial charge in [-0.25, -0.2) is 55.9 Å². The van der Waals surface area contributed by atoms with Crippen LogP contribution in [0.2, 0.25) is 0 Å². The number of carbonyl (C=O) groups is 1. The zero-order chi connectivity index (χ0) is 32.5. The summed E-state index contributed by atoms with van der Waals surface area (Å²) in [7, 11) is -14.8. The summed E-state index contributed by atoms with van der Waals surface area (Å²) in [6, 6.07) is 0. The third kappa shape index (κ3) is 162. The van der Waals surface area contributed by atoms with Gasteiger partial charge < -0.3 is 15.6 Å². The molecule has 0 aliphatic rings. The smallest absolute Gasteiger partial charge is 0.550 e. The molecule has 0 amide bonds. The van der Waals surface area contributed by atoms with Crippen LogP contribution in [-0.2, 0) is 22.2 Å². The van der Waals surface area contributed by atoms with Gasteiger partial charge in [0.05, 0.1) is 6.20 Å². The number of carbonyl (C=O) groups excluding carboxylic acids is 1. The zero-order valence-electron chi connectivity index (χ0n) is 23.0. The molecule has 0 atom stereocenters. The molecule has 0 rings (SSSR count). The monoisotopic (exact) mass is 700 g/mol. The summed E-state index contributed by atoms with van der Waals surface area (Å²) in [4.78, 5) is 10.2. The first-order valence-electron chi connectivity index (χ1n) is 12.0. The van der Waals surface area contributed by atoms with Crippen LogP contribution in [0, 0.1) is 30.7 Å². The molecule has 0 aromatic rings. The molecular formula is C22H41Cl3CrNO14. The molecule has 0 spiro atoms. The fourth-order valence-electron chi connectivity index (χ4n) is 2.44. The molecule has 245 valence electrons. The van der Waals surface area contributed by atoms with E-state index in [-0.39, 0.29) is 23.8 Å². The van der Waals surface area contributed by atoms with Gasteiger partial charge in [-0.3, -0.25) is 0 Å². The summed E-state index contributed by atoms with van der Waals surface area (Å²) in [5.74, 6) is -0.914. The molecule has 1 radical (unpaired) electrons. The number of hydrogen-bond acceptors (Lipinski definition) is 14. The Morgan fingerprint density at radius 1 is 0.634 bits per heavy atom. The van der Waals surface area contributed by atoms with Crippen molar-refractivity contribution in [3.05, 3.63) is 37.1 Å². The van der Waals surface area contributed by atoms with Crippen molar-refractivity contribution in [3.63, 3.8) is 0 Å². The van der Waals surface area contributed by atoms with E-state index in [4.69, 9.17) is 55.9 Å². The van der Waals surface area contributed by atoms with Gasteiger partial charge >= 0.3 is 17.4 Å². The van der Waals surface area contributed by atoms with Crippen molar-refractivity contribution in [2.24, 2.45) is 0 Å². The number of allylic oxidation sites excluding steroid dienone is 4. The van der Waals surface area contributed by atoms with Crippen LogP contribution >= 0.6 is 0 Å². The van der Waals surface area contributed by atoms with E-state index in [0.717, 1.165) is 19.3 Å². The van der Waals surface area contributed by atoms with Crippen molar-refractivity contribution in [3.8, 4) is 0 Å². The number of carboxylic acids is 1. The molecule has 0 aliphatic heterocycles. The third-order valence-corrected chi connectivity index (χ3v) is 3.91. The van der Waals surface area contributed by atoms with Gasteiger partial charge in [0.25, 0.3) is 0 Å². The van der Waals surface area contributed by atoms with Crippen molar-refractivity contribution in [2.75, 3.05) is 0 Å². The van der Waals surface area contributed by atoms with E-state index in [0.29, 0.717) is 0 Å². The Hall–Kier alpha value is -0.428.